The molecule has 0 aliphatic carbocycles. The van der Waals surface area contributed by atoms with Crippen LogP contribution in [0.15, 0.2) is 30.3 Å². The normalized spacial score (nSPS) is 7.82. The number of aldehydes is 1. The average molecular weight is 238 g/mol. The van der Waals surface area contributed by atoms with Gasteiger partial charge >= 0.3 is 0 Å². The topological polar surface area (TPSA) is 49.4 Å². The van der Waals surface area contributed by atoms with E-state index in [0.29, 0.717) is 0 Å². The Morgan fingerprint density at radius 1 is 1.29 bits per heavy atom. The maximum Gasteiger partial charge on any atom is 0.233 e. The highest BCUT2D eigenvalue weighted by atomic mass is 16.2. The lowest BCUT2D eigenvalue weighted by Gasteiger charge is -2.10. The highest BCUT2D eigenvalue weighted by molar-refractivity contribution is 5.72. The molecule has 0 aromatic heterocycles. The highest BCUT2D eigenvalue weighted by Gasteiger charge is 1.93. The van der Waals surface area contributed by atoms with Crippen LogP contribution < -0.4 is 5.43 Å². The molecule has 0 saturated carbocycles. The minimum Gasteiger partial charge on any atom is -0.304 e. The van der Waals surface area contributed by atoms with Crippen molar-refractivity contribution in [3.63, 3.8) is 0 Å². The molecule has 0 atom stereocenters. The Hall–Kier alpha value is -1.68. The lowest BCUT2D eigenvalue weighted by atomic mass is 10.2. The molecule has 0 spiro atoms. The van der Waals surface area contributed by atoms with Gasteiger partial charge in [-0.2, -0.15) is 0 Å². The lowest BCUT2D eigenvalue weighted by molar-refractivity contribution is -0.129. The maximum absolute atomic E-state index is 10.2. The minimum absolute atomic E-state index is 0.0162. The van der Waals surface area contributed by atoms with Gasteiger partial charge in [0.15, 0.2) is 0 Å². The number of nitrogens with zero attached hydrogens (tertiary/aromatic N) is 1. The largest absolute Gasteiger partial charge is 0.304 e. The van der Waals surface area contributed by atoms with Crippen LogP contribution in [0, 0.1) is 6.92 Å². The summed E-state index contributed by atoms with van der Waals surface area (Å²) in [6.45, 7) is 5.02. The van der Waals surface area contributed by atoms with E-state index in [4.69, 9.17) is 4.79 Å². The van der Waals surface area contributed by atoms with E-state index in [1.54, 1.807) is 14.1 Å². The smallest absolute Gasteiger partial charge is 0.233 e. The predicted octanol–water partition coefficient (Wildman–Crippen LogP) is 1.80. The van der Waals surface area contributed by atoms with E-state index in [1.165, 1.54) is 24.4 Å². The molecule has 0 unspecified atom stereocenters. The lowest BCUT2D eigenvalue weighted by Crippen LogP contribution is -2.34. The van der Waals surface area contributed by atoms with Gasteiger partial charge in [-0.3, -0.25) is 9.80 Å². The molecule has 0 saturated heterocycles. The summed E-state index contributed by atoms with van der Waals surface area (Å²) in [4.78, 5) is 19.0. The van der Waals surface area contributed by atoms with Crippen molar-refractivity contribution in [1.82, 2.24) is 10.4 Å². The summed E-state index contributed by atoms with van der Waals surface area (Å²) in [5.74, 6) is 0.0162. The summed E-state index contributed by atoms with van der Waals surface area (Å²) >= 11 is 0. The molecule has 0 aliphatic rings. The summed E-state index contributed by atoms with van der Waals surface area (Å²) in [7, 11) is 3.36. The number of hydrazine groups is 1. The fourth-order valence-corrected chi connectivity index (χ4v) is 0.692. The van der Waals surface area contributed by atoms with Gasteiger partial charge < -0.3 is 4.79 Å². The molecule has 0 fully saturated rings. The van der Waals surface area contributed by atoms with Crippen LogP contribution in [0.2, 0.25) is 0 Å². The summed E-state index contributed by atoms with van der Waals surface area (Å²) in [5.41, 5.74) is 3.97. The van der Waals surface area contributed by atoms with Gasteiger partial charge in [0.2, 0.25) is 5.91 Å². The molecule has 4 heteroatoms. The van der Waals surface area contributed by atoms with Gasteiger partial charge in [-0.1, -0.05) is 35.9 Å². The molecule has 1 N–H and O–H groups in total. The van der Waals surface area contributed by atoms with E-state index in [0.717, 1.165) is 6.29 Å². The Morgan fingerprint density at radius 2 is 1.71 bits per heavy atom. The second-order valence-electron chi connectivity index (χ2n) is 3.19. The zero-order valence-electron chi connectivity index (χ0n) is 11.2. The van der Waals surface area contributed by atoms with Crippen molar-refractivity contribution >= 4 is 12.2 Å². The van der Waals surface area contributed by atoms with Gasteiger partial charge in [0.05, 0.1) is 0 Å². The van der Waals surface area contributed by atoms with Crippen molar-refractivity contribution < 1.29 is 9.59 Å². The molecular formula is C13H22N2O2. The molecule has 1 amide bonds. The average Bonchev–Trinajstić information content (AvgIpc) is 2.30. The number of carbonyl (C=O) groups is 2. The maximum atomic E-state index is 10.2. The quantitative estimate of drug-likeness (QED) is 0.599. The highest BCUT2D eigenvalue weighted by Crippen LogP contribution is 1.92. The summed E-state index contributed by atoms with van der Waals surface area (Å²) in [6.07, 6.45) is 0.750. The molecule has 4 nitrogen and oxygen atoms in total. The molecule has 17 heavy (non-hydrogen) atoms. The summed E-state index contributed by atoms with van der Waals surface area (Å²) < 4.78 is 0. The third-order valence-electron chi connectivity index (χ3n) is 1.75. The molecule has 1 aromatic carbocycles. The van der Waals surface area contributed by atoms with Crippen LogP contribution in [-0.2, 0) is 9.59 Å². The predicted molar refractivity (Wildman–Crippen MR) is 70.4 cm³/mol. The first kappa shape index (κ1) is 17.7. The number of rotatable bonds is 1. The Labute approximate surface area is 104 Å². The second kappa shape index (κ2) is 12.4. The van der Waals surface area contributed by atoms with Crippen LogP contribution in [0.25, 0.3) is 0 Å². The van der Waals surface area contributed by atoms with Gasteiger partial charge in [-0.15, -0.1) is 0 Å². The Kier molecular flexibility index (Phi) is 12.9. The van der Waals surface area contributed by atoms with E-state index in [-0.39, 0.29) is 5.91 Å². The number of nitrogens with one attached hydrogen (secondary N) is 1. The fraction of sp³-hybridized carbons (Fsp3) is 0.385. The third-order valence-corrected chi connectivity index (χ3v) is 1.75. The van der Waals surface area contributed by atoms with Crippen LogP contribution in [0.4, 0.5) is 0 Å². The van der Waals surface area contributed by atoms with E-state index in [9.17, 15) is 4.79 Å². The van der Waals surface area contributed by atoms with Crippen LogP contribution in [0.1, 0.15) is 19.4 Å². The van der Waals surface area contributed by atoms with Gasteiger partial charge in [0, 0.05) is 21.0 Å². The number of aryl methyl sites for hydroxylation is 1. The molecule has 0 heterocycles. The Bertz CT molecular complexity index is 300. The number of amides is 1. The number of carbonyl (C=O) groups excluding carboxylic acids is 2. The molecule has 96 valence electrons. The van der Waals surface area contributed by atoms with Crippen molar-refractivity contribution in [2.24, 2.45) is 0 Å². The number of hydrogen-bond donors (Lipinski definition) is 1. The number of benzene rings is 1. The molecule has 0 radical (unpaired) electrons. The van der Waals surface area contributed by atoms with E-state index >= 15 is 0 Å². The number of hydrogen-bond acceptors (Lipinski definition) is 3. The van der Waals surface area contributed by atoms with Crippen LogP contribution in [-0.4, -0.2) is 31.3 Å². The SMILES string of the molecule is CC=O.CNN(C)C(C)=O.Cc1ccccc1. The molecule has 1 rings (SSSR count). The zero-order valence-corrected chi connectivity index (χ0v) is 11.2. The van der Waals surface area contributed by atoms with E-state index in [1.807, 2.05) is 18.2 Å². The Morgan fingerprint density at radius 3 is 1.82 bits per heavy atom. The van der Waals surface area contributed by atoms with Gasteiger partial charge in [-0.05, 0) is 13.8 Å². The summed E-state index contributed by atoms with van der Waals surface area (Å²) in [6, 6.07) is 10.3. The summed E-state index contributed by atoms with van der Waals surface area (Å²) in [5, 5.41) is 1.40. The zero-order chi connectivity index (χ0) is 13.7. The first-order valence-electron chi connectivity index (χ1n) is 5.32. The van der Waals surface area contributed by atoms with Gasteiger partial charge in [0.1, 0.15) is 6.29 Å². The van der Waals surface area contributed by atoms with Crippen molar-refractivity contribution in [3.8, 4) is 0 Å². The van der Waals surface area contributed by atoms with Crippen LogP contribution in [0.5, 0.6) is 0 Å². The molecule has 0 bridgehead atoms. The molecule has 0 aliphatic heterocycles. The fourth-order valence-electron chi connectivity index (χ4n) is 0.692. The van der Waals surface area contributed by atoms with Crippen molar-refractivity contribution in [1.29, 1.82) is 0 Å². The molecule has 1 aromatic rings. The van der Waals surface area contributed by atoms with Crippen molar-refractivity contribution in [3.05, 3.63) is 35.9 Å². The van der Waals surface area contributed by atoms with Gasteiger partial charge in [0.25, 0.3) is 0 Å². The van der Waals surface area contributed by atoms with Crippen LogP contribution in [0.3, 0.4) is 0 Å². The molecular weight excluding hydrogens is 216 g/mol. The van der Waals surface area contributed by atoms with E-state index in [2.05, 4.69) is 24.5 Å². The minimum atomic E-state index is 0.0162. The van der Waals surface area contributed by atoms with Crippen molar-refractivity contribution in [2.45, 2.75) is 20.8 Å². The van der Waals surface area contributed by atoms with Crippen LogP contribution >= 0.6 is 0 Å². The first-order chi connectivity index (χ1) is 7.99. The third kappa shape index (κ3) is 14.3. The standard InChI is InChI=1S/C7H8.C4H10N2O.C2H4O/c1-7-5-3-2-4-6-7;1-4(7)6(3)5-2;1-2-3/h2-6H,1H3;5H,1-3H3;2H,1H3. The van der Waals surface area contributed by atoms with Gasteiger partial charge in [-0.25, -0.2) is 5.43 Å². The van der Waals surface area contributed by atoms with E-state index < -0.39 is 0 Å². The monoisotopic (exact) mass is 238 g/mol. The first-order valence-corrected chi connectivity index (χ1v) is 5.32. The Balaban J connectivity index is 0. The second-order valence-corrected chi connectivity index (χ2v) is 3.19. The van der Waals surface area contributed by atoms with Crippen molar-refractivity contribution in [2.75, 3.05) is 14.1 Å².